The number of carbonyl (C=O) groups excluding carboxylic acids is 1. The molecule has 1 aliphatic rings. The van der Waals surface area contributed by atoms with Crippen molar-refractivity contribution in [2.24, 2.45) is 10.7 Å². The summed E-state index contributed by atoms with van der Waals surface area (Å²) in [5.41, 5.74) is 6.07. The predicted octanol–water partition coefficient (Wildman–Crippen LogP) is 2.79. The van der Waals surface area contributed by atoms with E-state index in [2.05, 4.69) is 10.3 Å². The molecule has 8 heteroatoms. The maximum atomic E-state index is 13.0. The van der Waals surface area contributed by atoms with Gasteiger partial charge in [-0.15, -0.1) is 0 Å². The number of hydrogen-bond acceptors (Lipinski definition) is 4. The van der Waals surface area contributed by atoms with Crippen LogP contribution in [0.15, 0.2) is 47.5 Å². The van der Waals surface area contributed by atoms with Gasteiger partial charge in [0.25, 0.3) is 5.91 Å². The van der Waals surface area contributed by atoms with E-state index in [0.29, 0.717) is 17.0 Å². The molecule has 1 heterocycles. The van der Waals surface area contributed by atoms with Gasteiger partial charge in [-0.25, -0.2) is 0 Å². The molecule has 3 N–H and O–H groups in total. The fourth-order valence-corrected chi connectivity index (χ4v) is 2.56. The number of fused-ring (bicyclic) bond motifs is 1. The number of para-hydroxylation sites is 1. The first-order valence-electron chi connectivity index (χ1n) is 7.30. The molecule has 0 saturated carbocycles. The lowest BCUT2D eigenvalue weighted by Crippen LogP contribution is -2.33. The van der Waals surface area contributed by atoms with E-state index in [1.165, 1.54) is 19.2 Å². The average molecular weight is 349 g/mol. The van der Waals surface area contributed by atoms with Gasteiger partial charge in [0.05, 0.1) is 24.1 Å². The minimum Gasteiger partial charge on any atom is -0.495 e. The van der Waals surface area contributed by atoms with Crippen molar-refractivity contribution in [3.05, 3.63) is 59.2 Å². The number of hydrogen-bond donors (Lipinski definition) is 2. The molecule has 0 spiro atoms. The lowest BCUT2D eigenvalue weighted by atomic mass is 9.98. The number of nitrogens with zero attached hydrogens (tertiary/aromatic N) is 1. The molecule has 2 aromatic rings. The van der Waals surface area contributed by atoms with Crippen LogP contribution in [0.3, 0.4) is 0 Å². The van der Waals surface area contributed by atoms with Crippen molar-refractivity contribution in [1.29, 1.82) is 0 Å². The van der Waals surface area contributed by atoms with E-state index in [9.17, 15) is 18.0 Å². The van der Waals surface area contributed by atoms with Gasteiger partial charge < -0.3 is 15.8 Å². The molecular weight excluding hydrogens is 335 g/mol. The van der Waals surface area contributed by atoms with E-state index in [-0.39, 0.29) is 11.3 Å². The number of aliphatic imine (C=N–C) groups is 1. The van der Waals surface area contributed by atoms with Crippen molar-refractivity contribution in [2.45, 2.75) is 12.3 Å². The van der Waals surface area contributed by atoms with Gasteiger partial charge >= 0.3 is 6.18 Å². The van der Waals surface area contributed by atoms with Crippen molar-refractivity contribution in [1.82, 2.24) is 0 Å². The van der Waals surface area contributed by atoms with E-state index in [1.807, 2.05) is 0 Å². The summed E-state index contributed by atoms with van der Waals surface area (Å²) >= 11 is 0. The van der Waals surface area contributed by atoms with Gasteiger partial charge in [0, 0.05) is 11.1 Å². The predicted molar refractivity (Wildman–Crippen MR) is 86.7 cm³/mol. The Kier molecular flexibility index (Phi) is 4.22. The summed E-state index contributed by atoms with van der Waals surface area (Å²) in [7, 11) is 1.42. The van der Waals surface area contributed by atoms with Gasteiger partial charge in [-0.05, 0) is 18.2 Å². The average Bonchev–Trinajstić information content (AvgIpc) is 2.71. The third-order valence-corrected chi connectivity index (χ3v) is 3.75. The zero-order chi connectivity index (χ0) is 18.2. The van der Waals surface area contributed by atoms with Crippen molar-refractivity contribution >= 4 is 17.3 Å². The first kappa shape index (κ1) is 17.0. The van der Waals surface area contributed by atoms with Gasteiger partial charge in [-0.3, -0.25) is 9.79 Å². The smallest absolute Gasteiger partial charge is 0.416 e. The highest BCUT2D eigenvalue weighted by Crippen LogP contribution is 2.34. The number of nitrogens with two attached hydrogens (primary N) is 1. The van der Waals surface area contributed by atoms with Crippen LogP contribution in [0, 0.1) is 0 Å². The highest BCUT2D eigenvalue weighted by atomic mass is 19.4. The van der Waals surface area contributed by atoms with Gasteiger partial charge in [-0.1, -0.05) is 24.3 Å². The number of methoxy groups -OCH3 is 1. The molecule has 130 valence electrons. The molecule has 1 aliphatic heterocycles. The number of alkyl halides is 3. The van der Waals surface area contributed by atoms with Crippen molar-refractivity contribution < 1.29 is 22.7 Å². The summed E-state index contributed by atoms with van der Waals surface area (Å²) in [5.74, 6) is -0.215. The van der Waals surface area contributed by atoms with Crippen LogP contribution in [0.4, 0.5) is 18.9 Å². The van der Waals surface area contributed by atoms with Gasteiger partial charge in [0.15, 0.2) is 6.17 Å². The van der Waals surface area contributed by atoms with Crippen LogP contribution in [0.5, 0.6) is 5.75 Å². The molecule has 0 aliphatic carbocycles. The van der Waals surface area contributed by atoms with E-state index >= 15 is 0 Å². The topological polar surface area (TPSA) is 76.7 Å². The second-order valence-corrected chi connectivity index (χ2v) is 5.37. The van der Waals surface area contributed by atoms with Crippen molar-refractivity contribution in [3.63, 3.8) is 0 Å². The monoisotopic (exact) mass is 349 g/mol. The third kappa shape index (κ3) is 3.20. The number of benzene rings is 2. The van der Waals surface area contributed by atoms with Crippen LogP contribution in [0.2, 0.25) is 0 Å². The SMILES string of the molecule is COc1cccc2c1NC(=O)C(N)N=C2c1cccc(C(F)(F)F)c1. The van der Waals surface area contributed by atoms with Gasteiger partial charge in [0.2, 0.25) is 0 Å². The Bertz CT molecular complexity index is 862. The minimum absolute atomic E-state index is 0.186. The Hall–Kier alpha value is -2.87. The fourth-order valence-electron chi connectivity index (χ4n) is 2.56. The standard InChI is InChI=1S/C17H14F3N3O2/c1-25-12-7-3-6-11-13(22-15(21)16(24)23-14(11)12)9-4-2-5-10(8-9)17(18,19)20/h2-8,15H,21H2,1H3,(H,23,24). The zero-order valence-electron chi connectivity index (χ0n) is 13.1. The summed E-state index contributed by atoms with van der Waals surface area (Å²) in [6, 6.07) is 9.63. The number of rotatable bonds is 2. The largest absolute Gasteiger partial charge is 0.495 e. The summed E-state index contributed by atoms with van der Waals surface area (Å²) in [6.07, 6.45) is -5.74. The Balaban J connectivity index is 2.22. The molecule has 0 radical (unpaired) electrons. The quantitative estimate of drug-likeness (QED) is 0.875. The molecule has 5 nitrogen and oxygen atoms in total. The molecule has 1 atom stereocenters. The van der Waals surface area contributed by atoms with Crippen LogP contribution in [-0.2, 0) is 11.0 Å². The van der Waals surface area contributed by atoms with Gasteiger partial charge in [-0.2, -0.15) is 13.2 Å². The molecule has 2 aromatic carbocycles. The van der Waals surface area contributed by atoms with Crippen LogP contribution in [-0.4, -0.2) is 24.9 Å². The first-order chi connectivity index (χ1) is 11.8. The minimum atomic E-state index is -4.49. The van der Waals surface area contributed by atoms with Crippen molar-refractivity contribution in [2.75, 3.05) is 12.4 Å². The first-order valence-corrected chi connectivity index (χ1v) is 7.30. The molecule has 1 amide bonds. The highest BCUT2D eigenvalue weighted by molar-refractivity contribution is 6.20. The van der Waals surface area contributed by atoms with E-state index in [4.69, 9.17) is 10.5 Å². The molecule has 0 fully saturated rings. The number of carbonyl (C=O) groups is 1. The molecule has 3 rings (SSSR count). The van der Waals surface area contributed by atoms with Crippen LogP contribution >= 0.6 is 0 Å². The molecule has 0 bridgehead atoms. The summed E-state index contributed by atoms with van der Waals surface area (Å²) in [4.78, 5) is 16.2. The Morgan fingerprint density at radius 1 is 1.20 bits per heavy atom. The lowest BCUT2D eigenvalue weighted by molar-refractivity contribution is -0.137. The highest BCUT2D eigenvalue weighted by Gasteiger charge is 2.32. The number of anilines is 1. The van der Waals surface area contributed by atoms with Gasteiger partial charge in [0.1, 0.15) is 5.75 Å². The second-order valence-electron chi connectivity index (χ2n) is 5.37. The van der Waals surface area contributed by atoms with Crippen molar-refractivity contribution in [3.8, 4) is 5.75 Å². The summed E-state index contributed by atoms with van der Waals surface area (Å²) in [5, 5.41) is 2.61. The maximum Gasteiger partial charge on any atom is 0.416 e. The van der Waals surface area contributed by atoms with E-state index in [0.717, 1.165) is 12.1 Å². The Morgan fingerprint density at radius 3 is 2.60 bits per heavy atom. The zero-order valence-corrected chi connectivity index (χ0v) is 13.1. The molecular formula is C17H14F3N3O2. The normalized spacial score (nSPS) is 17.2. The molecule has 0 saturated heterocycles. The number of halogens is 3. The Morgan fingerprint density at radius 2 is 1.92 bits per heavy atom. The molecule has 1 unspecified atom stereocenters. The summed E-state index contributed by atoms with van der Waals surface area (Å²) in [6.45, 7) is 0. The number of nitrogens with one attached hydrogen (secondary N) is 1. The van der Waals surface area contributed by atoms with Crippen LogP contribution < -0.4 is 15.8 Å². The van der Waals surface area contributed by atoms with E-state index in [1.54, 1.807) is 18.2 Å². The number of amides is 1. The summed E-state index contributed by atoms with van der Waals surface area (Å²) < 4.78 is 44.3. The maximum absolute atomic E-state index is 13.0. The molecule has 0 aromatic heterocycles. The second kappa shape index (κ2) is 6.21. The van der Waals surface area contributed by atoms with E-state index < -0.39 is 23.8 Å². The van der Waals surface area contributed by atoms with Crippen LogP contribution in [0.1, 0.15) is 16.7 Å². The Labute approximate surface area is 141 Å². The fraction of sp³-hybridized carbons (Fsp3) is 0.176. The number of benzodiazepines with no additional fused rings is 1. The van der Waals surface area contributed by atoms with Crippen LogP contribution in [0.25, 0.3) is 0 Å². The third-order valence-electron chi connectivity index (χ3n) is 3.75. The number of ether oxygens (including phenoxy) is 1. The molecule has 25 heavy (non-hydrogen) atoms. The lowest BCUT2D eigenvalue weighted by Gasteiger charge is -2.14.